The Bertz CT molecular complexity index is 627. The first-order valence-corrected chi connectivity index (χ1v) is 11.9. The molecule has 4 heteroatoms. The molecule has 1 aromatic carbocycles. The zero-order valence-electron chi connectivity index (χ0n) is 16.3. The average molecular weight is 484 g/mol. The van der Waals surface area contributed by atoms with E-state index in [9.17, 15) is 0 Å². The summed E-state index contributed by atoms with van der Waals surface area (Å²) in [5, 5.41) is 0. The number of halogens is 2. The Hall–Kier alpha value is -0.480. The molecule has 0 N–H and O–H groups in total. The highest BCUT2D eigenvalue weighted by molar-refractivity contribution is 9.11. The zero-order chi connectivity index (χ0) is 18.8. The van der Waals surface area contributed by atoms with Gasteiger partial charge in [0, 0.05) is 8.95 Å². The van der Waals surface area contributed by atoms with Crippen LogP contribution in [0, 0.1) is 0 Å². The van der Waals surface area contributed by atoms with Crippen LogP contribution in [0.2, 0.25) is 0 Å². The minimum Gasteiger partial charge on any atom is -0.248 e. The quantitative estimate of drug-likeness (QED) is 0.284. The number of fused-ring (bicyclic) bond motifs is 1. The van der Waals surface area contributed by atoms with Crippen molar-refractivity contribution in [3.63, 3.8) is 0 Å². The van der Waals surface area contributed by atoms with Crippen LogP contribution in [0.1, 0.15) is 89.4 Å². The third-order valence-corrected chi connectivity index (χ3v) is 6.19. The maximum Gasteiger partial charge on any atom is 0.104 e. The molecule has 0 saturated carbocycles. The van der Waals surface area contributed by atoms with Crippen molar-refractivity contribution in [1.29, 1.82) is 0 Å². The molecule has 26 heavy (non-hydrogen) atoms. The lowest BCUT2D eigenvalue weighted by Gasteiger charge is -2.12. The second-order valence-electron chi connectivity index (χ2n) is 7.17. The number of unbranched alkanes of at least 4 members (excludes halogenated alkanes) is 8. The van der Waals surface area contributed by atoms with Gasteiger partial charge in [0.1, 0.15) is 11.0 Å². The Kier molecular flexibility index (Phi) is 10.1. The molecule has 0 atom stereocenters. The summed E-state index contributed by atoms with van der Waals surface area (Å²) in [5.41, 5.74) is 4.39. The number of hydrogen-bond donors (Lipinski definition) is 0. The van der Waals surface area contributed by atoms with E-state index in [1.54, 1.807) is 0 Å². The Morgan fingerprint density at radius 2 is 1.00 bits per heavy atom. The summed E-state index contributed by atoms with van der Waals surface area (Å²) in [6.07, 6.45) is 15.1. The van der Waals surface area contributed by atoms with Gasteiger partial charge in [-0.05, 0) is 69.7 Å². The molecule has 0 radical (unpaired) electrons. The zero-order valence-corrected chi connectivity index (χ0v) is 19.5. The van der Waals surface area contributed by atoms with Gasteiger partial charge in [0.05, 0.1) is 11.4 Å². The fraction of sp³-hybridized carbons (Fsp3) is 0.636. The molecular weight excluding hydrogens is 452 g/mol. The largest absolute Gasteiger partial charge is 0.248 e. The third-order valence-electron chi connectivity index (χ3n) is 4.91. The fourth-order valence-electron chi connectivity index (χ4n) is 3.33. The van der Waals surface area contributed by atoms with E-state index in [2.05, 4.69) is 57.8 Å². The van der Waals surface area contributed by atoms with Gasteiger partial charge in [-0.15, -0.1) is 0 Å². The summed E-state index contributed by atoms with van der Waals surface area (Å²) in [6, 6.07) is 4.10. The molecular formula is C22H32Br2N2. The molecule has 2 nitrogen and oxygen atoms in total. The van der Waals surface area contributed by atoms with Crippen LogP contribution >= 0.6 is 31.9 Å². The van der Waals surface area contributed by atoms with E-state index in [0.29, 0.717) is 0 Å². The van der Waals surface area contributed by atoms with E-state index in [1.807, 2.05) is 0 Å². The topological polar surface area (TPSA) is 25.8 Å². The first kappa shape index (κ1) is 21.8. The minimum absolute atomic E-state index is 0.984. The molecule has 2 aromatic rings. The van der Waals surface area contributed by atoms with Crippen LogP contribution in [0.4, 0.5) is 0 Å². The first-order chi connectivity index (χ1) is 12.7. The number of hydrogen-bond acceptors (Lipinski definition) is 2. The highest BCUT2D eigenvalue weighted by Gasteiger charge is 2.13. The Morgan fingerprint density at radius 3 is 1.38 bits per heavy atom. The predicted octanol–water partition coefficient (Wildman–Crippen LogP) is 8.18. The molecule has 0 amide bonds. The standard InChI is InChI=1S/C22H32Br2N2/c1-3-5-7-9-11-13-19-20(14-12-10-8-6-4-2)26-22-18(24)16-15-17(23)21(22)25-19/h15-16H,3-14H2,1-2H3. The molecule has 0 bridgehead atoms. The molecule has 0 aliphatic heterocycles. The average Bonchev–Trinajstić information content (AvgIpc) is 2.65. The van der Waals surface area contributed by atoms with E-state index in [4.69, 9.17) is 9.97 Å². The van der Waals surface area contributed by atoms with Crippen LogP contribution in [-0.2, 0) is 12.8 Å². The lowest BCUT2D eigenvalue weighted by Crippen LogP contribution is -2.04. The second kappa shape index (κ2) is 12.1. The molecule has 0 fully saturated rings. The van der Waals surface area contributed by atoms with Gasteiger partial charge in [-0.25, -0.2) is 9.97 Å². The number of rotatable bonds is 12. The lowest BCUT2D eigenvalue weighted by molar-refractivity contribution is 0.612. The van der Waals surface area contributed by atoms with E-state index in [0.717, 1.165) is 32.8 Å². The van der Waals surface area contributed by atoms with E-state index in [-0.39, 0.29) is 0 Å². The summed E-state index contributed by atoms with van der Waals surface area (Å²) >= 11 is 7.30. The molecule has 144 valence electrons. The van der Waals surface area contributed by atoms with Crippen LogP contribution in [0.5, 0.6) is 0 Å². The molecule has 1 heterocycles. The Labute approximate surface area is 175 Å². The molecule has 2 rings (SSSR count). The number of nitrogens with zero attached hydrogens (tertiary/aromatic N) is 2. The molecule has 0 unspecified atom stereocenters. The van der Waals surface area contributed by atoms with Gasteiger partial charge in [0.15, 0.2) is 0 Å². The van der Waals surface area contributed by atoms with Crippen molar-refractivity contribution in [2.24, 2.45) is 0 Å². The van der Waals surface area contributed by atoms with Gasteiger partial charge in [-0.2, -0.15) is 0 Å². The minimum atomic E-state index is 0.984. The van der Waals surface area contributed by atoms with E-state index >= 15 is 0 Å². The van der Waals surface area contributed by atoms with Crippen LogP contribution in [0.15, 0.2) is 21.1 Å². The summed E-state index contributed by atoms with van der Waals surface area (Å²) < 4.78 is 2.06. The summed E-state index contributed by atoms with van der Waals surface area (Å²) in [4.78, 5) is 10.1. The van der Waals surface area contributed by atoms with Gasteiger partial charge < -0.3 is 0 Å². The first-order valence-electron chi connectivity index (χ1n) is 10.3. The summed E-state index contributed by atoms with van der Waals surface area (Å²) in [7, 11) is 0. The van der Waals surface area contributed by atoms with Crippen LogP contribution in [-0.4, -0.2) is 9.97 Å². The van der Waals surface area contributed by atoms with Crippen LogP contribution < -0.4 is 0 Å². The highest BCUT2D eigenvalue weighted by atomic mass is 79.9. The van der Waals surface area contributed by atoms with E-state index < -0.39 is 0 Å². The number of aryl methyl sites for hydroxylation is 2. The normalized spacial score (nSPS) is 11.4. The van der Waals surface area contributed by atoms with Gasteiger partial charge in [0.2, 0.25) is 0 Å². The van der Waals surface area contributed by atoms with Crippen molar-refractivity contribution in [1.82, 2.24) is 9.97 Å². The Balaban J connectivity index is 2.15. The maximum atomic E-state index is 5.03. The van der Waals surface area contributed by atoms with Crippen molar-refractivity contribution >= 4 is 42.9 Å². The van der Waals surface area contributed by atoms with E-state index in [1.165, 1.54) is 75.6 Å². The molecule has 0 aliphatic rings. The van der Waals surface area contributed by atoms with Crippen molar-refractivity contribution in [2.45, 2.75) is 90.9 Å². The monoisotopic (exact) mass is 482 g/mol. The number of aromatic nitrogens is 2. The van der Waals surface area contributed by atoms with Gasteiger partial charge in [-0.3, -0.25) is 0 Å². The Morgan fingerprint density at radius 1 is 0.615 bits per heavy atom. The van der Waals surface area contributed by atoms with Crippen molar-refractivity contribution in [2.75, 3.05) is 0 Å². The molecule has 1 aromatic heterocycles. The van der Waals surface area contributed by atoms with Crippen molar-refractivity contribution < 1.29 is 0 Å². The molecule has 0 aliphatic carbocycles. The van der Waals surface area contributed by atoms with Crippen LogP contribution in [0.25, 0.3) is 11.0 Å². The smallest absolute Gasteiger partial charge is 0.104 e. The van der Waals surface area contributed by atoms with Gasteiger partial charge in [0.25, 0.3) is 0 Å². The molecule has 0 saturated heterocycles. The summed E-state index contributed by atoms with van der Waals surface area (Å²) in [6.45, 7) is 4.53. The SMILES string of the molecule is CCCCCCCc1nc2c(Br)ccc(Br)c2nc1CCCCCCC. The lowest BCUT2D eigenvalue weighted by atomic mass is 10.0. The number of benzene rings is 1. The molecule has 0 spiro atoms. The predicted molar refractivity (Wildman–Crippen MR) is 120 cm³/mol. The summed E-state index contributed by atoms with van der Waals surface area (Å²) in [5.74, 6) is 0. The van der Waals surface area contributed by atoms with Gasteiger partial charge in [-0.1, -0.05) is 65.2 Å². The fourth-order valence-corrected chi connectivity index (χ4v) is 4.15. The van der Waals surface area contributed by atoms with Gasteiger partial charge >= 0.3 is 0 Å². The highest BCUT2D eigenvalue weighted by Crippen LogP contribution is 2.29. The van der Waals surface area contributed by atoms with Crippen LogP contribution in [0.3, 0.4) is 0 Å². The maximum absolute atomic E-state index is 5.03. The second-order valence-corrected chi connectivity index (χ2v) is 8.88. The van der Waals surface area contributed by atoms with Crippen molar-refractivity contribution in [3.05, 3.63) is 32.5 Å². The third kappa shape index (κ3) is 6.60. The van der Waals surface area contributed by atoms with Crippen molar-refractivity contribution in [3.8, 4) is 0 Å².